The number of Topliss-reactive ketones (excluding diaryl/α,β-unsaturated/α-hetero) is 1. The van der Waals surface area contributed by atoms with Crippen LogP contribution in [0.4, 0.5) is 0 Å². The number of ether oxygens (including phenoxy) is 7. The number of pyridine rings is 1. The maximum absolute atomic E-state index is 11.7. The molecule has 2 atom stereocenters. The van der Waals surface area contributed by atoms with Gasteiger partial charge in [-0.25, -0.2) is 9.97 Å². The van der Waals surface area contributed by atoms with Crippen LogP contribution < -0.4 is 44.5 Å². The molecule has 4 aromatic rings. The molecule has 21 heteroatoms. The van der Waals surface area contributed by atoms with E-state index in [-0.39, 0.29) is 81.3 Å². The van der Waals surface area contributed by atoms with Crippen molar-refractivity contribution in [2.75, 3.05) is 85.8 Å². The standard InChI is InChI=1S/C21H17N3O.C20H36NO14P.Na/c1-2-25-21-12-11-17(13-23-21)15-7-9-16(10-8-15)20-14-22-18-5-3-4-6-19(18)24-20;1-2-28-8-9-29-6-3-4-18(24)12-30-10-11-31-15-20(25)21-5-7-34-36(26,27)35-14-19(33-17-23)13-32-16-22;/h3-14H,2H2,1H3;16-17,19H,2-15H2,1H3,(H,21,25)(H,26,27);/q;;+1/p-1. The number of para-hydroxylation sites is 2. The van der Waals surface area contributed by atoms with Crippen LogP contribution in [-0.2, 0) is 61.2 Å². The maximum atomic E-state index is 11.7. The summed E-state index contributed by atoms with van der Waals surface area (Å²) >= 11 is 0. The molecule has 4 rings (SSSR count). The van der Waals surface area contributed by atoms with Crippen molar-refractivity contribution >= 4 is 43.5 Å². The number of nitrogens with one attached hydrogen (secondary N) is 1. The monoisotopic (exact) mass is 894 g/mol. The number of hydrogen-bond donors (Lipinski definition) is 1. The van der Waals surface area contributed by atoms with Crippen LogP contribution in [0.2, 0.25) is 0 Å². The molecule has 2 heterocycles. The molecule has 0 spiro atoms. The third kappa shape index (κ3) is 22.7. The summed E-state index contributed by atoms with van der Waals surface area (Å²) in [7, 11) is -4.75. The number of amides is 1. The van der Waals surface area contributed by atoms with Crippen molar-refractivity contribution in [1.82, 2.24) is 20.3 Å². The van der Waals surface area contributed by atoms with Crippen LogP contribution in [0, 0.1) is 0 Å². The predicted octanol–water partition coefficient (Wildman–Crippen LogP) is 0.516. The van der Waals surface area contributed by atoms with Gasteiger partial charge in [-0.05, 0) is 44.0 Å². The van der Waals surface area contributed by atoms with Crippen molar-refractivity contribution < 1.29 is 100 Å². The number of fused-ring (bicyclic) bond motifs is 1. The minimum Gasteiger partial charge on any atom is -0.756 e. The van der Waals surface area contributed by atoms with Gasteiger partial charge < -0.3 is 52.4 Å². The van der Waals surface area contributed by atoms with Gasteiger partial charge in [0, 0.05) is 49.6 Å². The summed E-state index contributed by atoms with van der Waals surface area (Å²) in [5.41, 5.74) is 5.88. The first kappa shape index (κ1) is 53.9. The van der Waals surface area contributed by atoms with E-state index in [4.69, 9.17) is 23.7 Å². The Kier molecular flexibility index (Phi) is 28.2. The Labute approximate surface area is 382 Å². The molecule has 2 aromatic carbocycles. The summed E-state index contributed by atoms with van der Waals surface area (Å²) < 4.78 is 55.7. The van der Waals surface area contributed by atoms with Crippen molar-refractivity contribution in [2.45, 2.75) is 32.8 Å². The molecule has 0 aliphatic carbocycles. The van der Waals surface area contributed by atoms with E-state index in [2.05, 4.69) is 63.1 Å². The van der Waals surface area contributed by atoms with Crippen LogP contribution in [-0.4, -0.2) is 132 Å². The minimum absolute atomic E-state index is 0. The maximum Gasteiger partial charge on any atom is 1.00 e. The number of hydrogen-bond acceptors (Lipinski definition) is 18. The van der Waals surface area contributed by atoms with Crippen molar-refractivity contribution in [3.8, 4) is 28.3 Å². The molecule has 0 aliphatic heterocycles. The van der Waals surface area contributed by atoms with Gasteiger partial charge >= 0.3 is 29.6 Å². The molecule has 19 nitrogen and oxygen atoms in total. The molecular formula is C41H52N4NaO15P. The van der Waals surface area contributed by atoms with Crippen LogP contribution in [0.15, 0.2) is 73.1 Å². The number of rotatable bonds is 31. The van der Waals surface area contributed by atoms with Crippen molar-refractivity contribution in [1.29, 1.82) is 0 Å². The van der Waals surface area contributed by atoms with E-state index >= 15 is 0 Å². The van der Waals surface area contributed by atoms with E-state index in [1.807, 2.05) is 62.6 Å². The van der Waals surface area contributed by atoms with E-state index in [9.17, 15) is 28.6 Å². The zero-order valence-corrected chi connectivity index (χ0v) is 38.1. The van der Waals surface area contributed by atoms with Crippen LogP contribution in [0.5, 0.6) is 5.88 Å². The van der Waals surface area contributed by atoms with Crippen molar-refractivity contribution in [2.24, 2.45) is 0 Å². The predicted molar refractivity (Wildman–Crippen MR) is 218 cm³/mol. The molecule has 0 aliphatic rings. The van der Waals surface area contributed by atoms with Crippen LogP contribution >= 0.6 is 7.82 Å². The number of phosphoric ester groups is 1. The van der Waals surface area contributed by atoms with E-state index in [0.29, 0.717) is 51.8 Å². The Morgan fingerprint density at radius 3 is 2.13 bits per heavy atom. The van der Waals surface area contributed by atoms with Gasteiger partial charge in [-0.2, -0.15) is 0 Å². The summed E-state index contributed by atoms with van der Waals surface area (Å²) in [4.78, 5) is 68.9. The second-order valence-corrected chi connectivity index (χ2v) is 13.8. The molecule has 1 amide bonds. The third-order valence-electron chi connectivity index (χ3n) is 7.87. The van der Waals surface area contributed by atoms with Gasteiger partial charge in [0.05, 0.1) is 69.2 Å². The smallest absolute Gasteiger partial charge is 0.756 e. The molecule has 0 saturated carbocycles. The summed E-state index contributed by atoms with van der Waals surface area (Å²) in [5, 5.41) is 2.37. The summed E-state index contributed by atoms with van der Waals surface area (Å²) in [5.74, 6) is 0.0577. The molecule has 0 saturated heterocycles. The molecule has 62 heavy (non-hydrogen) atoms. The SMILES string of the molecule is CCOCCOCCCC(=O)COCCOCC(=O)NCCOP(=O)([O-])OCC(COC=O)OC=O.CCOc1ccc(-c2ccc(-c3cnc4ccccc4n3)cc2)cn1.[Na+]. The van der Waals surface area contributed by atoms with Gasteiger partial charge in [0.2, 0.25) is 11.8 Å². The Morgan fingerprint density at radius 1 is 0.742 bits per heavy atom. The number of carbonyl (C=O) groups excluding carboxylic acids is 4. The Bertz CT molecular complexity index is 1930. The summed E-state index contributed by atoms with van der Waals surface area (Å²) in [6, 6.07) is 20.1. The van der Waals surface area contributed by atoms with Crippen LogP contribution in [0.3, 0.4) is 0 Å². The zero-order valence-electron chi connectivity index (χ0n) is 35.2. The van der Waals surface area contributed by atoms with Crippen LogP contribution in [0.1, 0.15) is 26.7 Å². The van der Waals surface area contributed by atoms with Gasteiger partial charge in [0.1, 0.15) is 19.8 Å². The number of aromatic nitrogens is 3. The van der Waals surface area contributed by atoms with Gasteiger partial charge in [-0.3, -0.25) is 28.7 Å². The summed E-state index contributed by atoms with van der Waals surface area (Å²) in [6.45, 7) is 4.99. The second-order valence-electron chi connectivity index (χ2n) is 12.4. The topological polar surface area (TPSA) is 242 Å². The normalized spacial score (nSPS) is 12.1. The number of phosphoric acid groups is 1. The fraction of sp³-hybridized carbons (Fsp3) is 0.439. The Hall–Kier alpha value is -4.24. The van der Waals surface area contributed by atoms with E-state index < -0.39 is 39.7 Å². The van der Waals surface area contributed by atoms with Gasteiger partial charge in [-0.1, -0.05) is 36.4 Å². The Morgan fingerprint density at radius 2 is 1.44 bits per heavy atom. The Balaban J connectivity index is 0.000000442. The molecule has 2 unspecified atom stereocenters. The molecule has 0 bridgehead atoms. The van der Waals surface area contributed by atoms with E-state index in [0.717, 1.165) is 33.4 Å². The van der Waals surface area contributed by atoms with Gasteiger partial charge in [0.15, 0.2) is 11.9 Å². The van der Waals surface area contributed by atoms with Gasteiger partial charge in [-0.15, -0.1) is 0 Å². The number of benzene rings is 2. The minimum atomic E-state index is -4.75. The van der Waals surface area contributed by atoms with Gasteiger partial charge in [0.25, 0.3) is 20.8 Å². The first-order valence-corrected chi connectivity index (χ1v) is 20.9. The fourth-order valence-electron chi connectivity index (χ4n) is 4.95. The van der Waals surface area contributed by atoms with E-state index in [1.54, 1.807) is 0 Å². The fourth-order valence-corrected chi connectivity index (χ4v) is 5.69. The first-order chi connectivity index (χ1) is 29.7. The quantitative estimate of drug-likeness (QED) is 0.0313. The molecule has 332 valence electrons. The molecule has 0 radical (unpaired) electrons. The average Bonchev–Trinajstić information content (AvgIpc) is 3.27. The van der Waals surface area contributed by atoms with Crippen molar-refractivity contribution in [3.05, 3.63) is 73.1 Å². The number of ketones is 1. The number of carbonyl (C=O) groups is 4. The van der Waals surface area contributed by atoms with Crippen molar-refractivity contribution in [3.63, 3.8) is 0 Å². The van der Waals surface area contributed by atoms with Crippen LogP contribution in [0.25, 0.3) is 33.4 Å². The first-order valence-electron chi connectivity index (χ1n) is 19.4. The molecule has 1 N–H and O–H groups in total. The largest absolute Gasteiger partial charge is 1.00 e. The molecule has 0 fully saturated rings. The third-order valence-corrected chi connectivity index (χ3v) is 8.83. The number of nitrogens with zero attached hydrogens (tertiary/aromatic N) is 3. The van der Waals surface area contributed by atoms with E-state index in [1.165, 1.54) is 0 Å². The second kappa shape index (κ2) is 32.4. The zero-order chi connectivity index (χ0) is 44.0. The molecular weight excluding hydrogens is 842 g/mol. The summed E-state index contributed by atoms with van der Waals surface area (Å²) in [6.07, 6.45) is 3.44. The molecule has 2 aromatic heterocycles. The average molecular weight is 895 g/mol.